The monoisotopic (exact) mass is 333 g/mol. The number of primary amides is 1. The number of amides is 1. The van der Waals surface area contributed by atoms with E-state index in [9.17, 15) is 13.2 Å². The molecule has 2 rings (SSSR count). The molecule has 2 aromatic rings. The predicted octanol–water partition coefficient (Wildman–Crippen LogP) is 1.92. The fourth-order valence-corrected chi connectivity index (χ4v) is 3.42. The highest BCUT2D eigenvalue weighted by Gasteiger charge is 2.21. The first-order valence-electron chi connectivity index (χ1n) is 7.22. The van der Waals surface area contributed by atoms with Gasteiger partial charge in [-0.15, -0.1) is 0 Å². The fraction of sp³-hybridized carbons (Fsp3) is 0.235. The molecule has 0 saturated heterocycles. The zero-order chi connectivity index (χ0) is 16.7. The molecule has 0 saturated carbocycles. The summed E-state index contributed by atoms with van der Waals surface area (Å²) in [6, 6.07) is 17.4. The van der Waals surface area contributed by atoms with Crippen molar-refractivity contribution in [3.8, 4) is 0 Å². The minimum absolute atomic E-state index is 0.0272. The first kappa shape index (κ1) is 17.2. The molecule has 5 nitrogen and oxygen atoms in total. The van der Waals surface area contributed by atoms with E-state index in [0.717, 1.165) is 5.56 Å². The lowest BCUT2D eigenvalue weighted by Crippen LogP contribution is -2.33. The molecule has 6 heteroatoms. The van der Waals surface area contributed by atoms with Crippen LogP contribution in [0.25, 0.3) is 0 Å². The molecule has 23 heavy (non-hydrogen) atoms. The summed E-state index contributed by atoms with van der Waals surface area (Å²) in [7, 11) is -3.46. The van der Waals surface area contributed by atoms with Crippen LogP contribution in [0.2, 0.25) is 0 Å². The predicted molar refractivity (Wildman–Crippen MR) is 87.3 cm³/mol. The molecule has 2 aromatic carbocycles. The molecule has 0 radical (unpaired) electrons. The Bertz CT molecular complexity index is 730. The SMILES string of the molecule is NC(=O)C(CCS(=O)(=O)c1ccccc1)OCc1ccccc1. The van der Waals surface area contributed by atoms with E-state index in [-0.39, 0.29) is 23.7 Å². The van der Waals surface area contributed by atoms with Gasteiger partial charge in [-0.3, -0.25) is 4.79 Å². The van der Waals surface area contributed by atoms with Crippen molar-refractivity contribution in [2.24, 2.45) is 5.73 Å². The van der Waals surface area contributed by atoms with Gasteiger partial charge in [-0.2, -0.15) is 0 Å². The van der Waals surface area contributed by atoms with Crippen LogP contribution in [-0.4, -0.2) is 26.2 Å². The smallest absolute Gasteiger partial charge is 0.246 e. The molecule has 1 atom stereocenters. The second kappa shape index (κ2) is 7.89. The Kier molecular flexibility index (Phi) is 5.90. The number of carbonyl (C=O) groups excluding carboxylic acids is 1. The molecule has 122 valence electrons. The highest BCUT2D eigenvalue weighted by Crippen LogP contribution is 2.14. The Labute approximate surface area is 136 Å². The first-order chi connectivity index (χ1) is 11.0. The Hall–Kier alpha value is -2.18. The molecule has 2 N–H and O–H groups in total. The van der Waals surface area contributed by atoms with Crippen molar-refractivity contribution >= 4 is 15.7 Å². The van der Waals surface area contributed by atoms with Gasteiger partial charge in [0.25, 0.3) is 0 Å². The van der Waals surface area contributed by atoms with E-state index < -0.39 is 21.8 Å². The lowest BCUT2D eigenvalue weighted by molar-refractivity contribution is -0.130. The average molecular weight is 333 g/mol. The minimum Gasteiger partial charge on any atom is -0.367 e. The second-order valence-electron chi connectivity index (χ2n) is 5.11. The van der Waals surface area contributed by atoms with Gasteiger partial charge in [0.2, 0.25) is 5.91 Å². The standard InChI is InChI=1S/C17H19NO4S/c18-17(19)16(22-13-14-7-3-1-4-8-14)11-12-23(20,21)15-9-5-2-6-10-15/h1-10,16H,11-13H2,(H2,18,19). The molecule has 0 aromatic heterocycles. The van der Waals surface area contributed by atoms with Crippen molar-refractivity contribution in [1.29, 1.82) is 0 Å². The Morgan fingerprint density at radius 2 is 1.57 bits per heavy atom. The van der Waals surface area contributed by atoms with Crippen molar-refractivity contribution in [2.45, 2.75) is 24.0 Å². The number of hydrogen-bond acceptors (Lipinski definition) is 4. The maximum Gasteiger partial charge on any atom is 0.246 e. The summed E-state index contributed by atoms with van der Waals surface area (Å²) in [6.45, 7) is 0.208. The largest absolute Gasteiger partial charge is 0.367 e. The van der Waals surface area contributed by atoms with Crippen molar-refractivity contribution in [3.63, 3.8) is 0 Å². The van der Waals surface area contributed by atoms with E-state index in [1.165, 1.54) is 12.1 Å². The molecule has 0 heterocycles. The number of benzene rings is 2. The molecule has 1 unspecified atom stereocenters. The van der Waals surface area contributed by atoms with E-state index >= 15 is 0 Å². The van der Waals surface area contributed by atoms with E-state index in [1.807, 2.05) is 30.3 Å². The van der Waals surface area contributed by atoms with Crippen molar-refractivity contribution in [3.05, 3.63) is 66.2 Å². The number of carbonyl (C=O) groups is 1. The van der Waals surface area contributed by atoms with Crippen LogP contribution in [0.4, 0.5) is 0 Å². The normalized spacial score (nSPS) is 12.7. The molecule has 0 aliphatic carbocycles. The third-order valence-electron chi connectivity index (χ3n) is 3.36. The fourth-order valence-electron chi connectivity index (χ4n) is 2.09. The van der Waals surface area contributed by atoms with Crippen LogP contribution in [0.15, 0.2) is 65.6 Å². The number of ether oxygens (including phenoxy) is 1. The summed E-state index contributed by atoms with van der Waals surface area (Å²) >= 11 is 0. The van der Waals surface area contributed by atoms with Crippen molar-refractivity contribution in [1.82, 2.24) is 0 Å². The Morgan fingerprint density at radius 3 is 2.13 bits per heavy atom. The van der Waals surface area contributed by atoms with Crippen LogP contribution in [0.3, 0.4) is 0 Å². The van der Waals surface area contributed by atoms with E-state index in [1.54, 1.807) is 18.2 Å². The number of rotatable bonds is 8. The molecule has 0 aliphatic heterocycles. The third kappa shape index (κ3) is 5.19. The van der Waals surface area contributed by atoms with Crippen LogP contribution in [0.1, 0.15) is 12.0 Å². The van der Waals surface area contributed by atoms with Crippen LogP contribution < -0.4 is 5.73 Å². The van der Waals surface area contributed by atoms with E-state index in [2.05, 4.69) is 0 Å². The highest BCUT2D eigenvalue weighted by molar-refractivity contribution is 7.91. The van der Waals surface area contributed by atoms with Gasteiger partial charge in [-0.1, -0.05) is 48.5 Å². The molecular formula is C17H19NO4S. The van der Waals surface area contributed by atoms with E-state index in [0.29, 0.717) is 0 Å². The summed E-state index contributed by atoms with van der Waals surface area (Å²) in [4.78, 5) is 11.7. The van der Waals surface area contributed by atoms with Crippen LogP contribution >= 0.6 is 0 Å². The van der Waals surface area contributed by atoms with Crippen molar-refractivity contribution in [2.75, 3.05) is 5.75 Å². The summed E-state index contributed by atoms with van der Waals surface area (Å²) in [5.74, 6) is -0.858. The van der Waals surface area contributed by atoms with Crippen LogP contribution in [0.5, 0.6) is 0 Å². The summed E-state index contributed by atoms with van der Waals surface area (Å²) in [5.41, 5.74) is 6.20. The van der Waals surface area contributed by atoms with Gasteiger partial charge in [0.05, 0.1) is 17.3 Å². The average Bonchev–Trinajstić information content (AvgIpc) is 2.56. The van der Waals surface area contributed by atoms with Gasteiger partial charge in [0.15, 0.2) is 9.84 Å². The molecule has 0 aliphatic rings. The van der Waals surface area contributed by atoms with Gasteiger partial charge in [-0.25, -0.2) is 8.42 Å². The second-order valence-corrected chi connectivity index (χ2v) is 7.22. The van der Waals surface area contributed by atoms with Gasteiger partial charge in [-0.05, 0) is 24.1 Å². The highest BCUT2D eigenvalue weighted by atomic mass is 32.2. The van der Waals surface area contributed by atoms with Gasteiger partial charge < -0.3 is 10.5 Å². The van der Waals surface area contributed by atoms with Gasteiger partial charge in [0, 0.05) is 0 Å². The lowest BCUT2D eigenvalue weighted by Gasteiger charge is -2.15. The summed E-state index contributed by atoms with van der Waals surface area (Å²) < 4.78 is 29.9. The molecule has 1 amide bonds. The third-order valence-corrected chi connectivity index (χ3v) is 5.13. The van der Waals surface area contributed by atoms with Gasteiger partial charge >= 0.3 is 0 Å². The number of nitrogens with two attached hydrogens (primary N) is 1. The minimum atomic E-state index is -3.46. The van der Waals surface area contributed by atoms with Crippen LogP contribution in [-0.2, 0) is 26.0 Å². The summed E-state index contributed by atoms with van der Waals surface area (Å²) in [5, 5.41) is 0. The van der Waals surface area contributed by atoms with Gasteiger partial charge in [0.1, 0.15) is 6.10 Å². The topological polar surface area (TPSA) is 86.5 Å². The molecule has 0 bridgehead atoms. The zero-order valence-electron chi connectivity index (χ0n) is 12.6. The maximum atomic E-state index is 12.2. The Morgan fingerprint density at radius 1 is 1.00 bits per heavy atom. The van der Waals surface area contributed by atoms with Crippen molar-refractivity contribution < 1.29 is 17.9 Å². The first-order valence-corrected chi connectivity index (χ1v) is 8.87. The Balaban J connectivity index is 1.96. The molecular weight excluding hydrogens is 314 g/mol. The lowest BCUT2D eigenvalue weighted by atomic mass is 10.2. The maximum absolute atomic E-state index is 12.2. The van der Waals surface area contributed by atoms with E-state index in [4.69, 9.17) is 10.5 Å². The van der Waals surface area contributed by atoms with Crippen LogP contribution in [0, 0.1) is 0 Å². The summed E-state index contributed by atoms with van der Waals surface area (Å²) in [6.07, 6.45) is -0.909. The quantitative estimate of drug-likeness (QED) is 0.799. The molecule has 0 spiro atoms. The molecule has 0 fully saturated rings. The number of hydrogen-bond donors (Lipinski definition) is 1. The number of sulfone groups is 1. The zero-order valence-corrected chi connectivity index (χ0v) is 13.4.